The predicted molar refractivity (Wildman–Crippen MR) is 58.6 cm³/mol. The van der Waals surface area contributed by atoms with E-state index < -0.39 is 0 Å². The summed E-state index contributed by atoms with van der Waals surface area (Å²) in [5, 5.41) is 0. The molecule has 2 heterocycles. The number of epoxide rings is 1. The molecule has 0 bridgehead atoms. The molecular formula is C11H11BrO3. The largest absolute Gasteiger partial charge is 0.486 e. The van der Waals surface area contributed by atoms with Crippen molar-refractivity contribution in [2.45, 2.75) is 12.5 Å². The van der Waals surface area contributed by atoms with E-state index in [1.54, 1.807) is 0 Å². The molecule has 0 aliphatic carbocycles. The van der Waals surface area contributed by atoms with Gasteiger partial charge in [0.25, 0.3) is 0 Å². The van der Waals surface area contributed by atoms with Gasteiger partial charge < -0.3 is 14.2 Å². The molecular weight excluding hydrogens is 260 g/mol. The maximum atomic E-state index is 5.55. The molecule has 1 aromatic rings. The highest BCUT2D eigenvalue weighted by molar-refractivity contribution is 9.10. The first-order valence-electron chi connectivity index (χ1n) is 5.02. The summed E-state index contributed by atoms with van der Waals surface area (Å²) in [5.41, 5.74) is 1.23. The minimum atomic E-state index is 0.402. The Labute approximate surface area is 96.5 Å². The Morgan fingerprint density at radius 1 is 1.27 bits per heavy atom. The summed E-state index contributed by atoms with van der Waals surface area (Å²) >= 11 is 3.50. The van der Waals surface area contributed by atoms with Crippen LogP contribution in [0.1, 0.15) is 5.56 Å². The lowest BCUT2D eigenvalue weighted by molar-refractivity contribution is 0.170. The van der Waals surface area contributed by atoms with Crippen molar-refractivity contribution in [3.8, 4) is 11.5 Å². The summed E-state index contributed by atoms with van der Waals surface area (Å²) in [6, 6.07) is 4.12. The molecule has 80 valence electrons. The molecule has 1 unspecified atom stereocenters. The average Bonchev–Trinajstić information content (AvgIpc) is 3.02. The summed E-state index contributed by atoms with van der Waals surface area (Å²) in [7, 11) is 0. The van der Waals surface area contributed by atoms with Crippen LogP contribution in [0, 0.1) is 0 Å². The van der Waals surface area contributed by atoms with E-state index >= 15 is 0 Å². The zero-order valence-corrected chi connectivity index (χ0v) is 9.75. The molecule has 1 aromatic carbocycles. The SMILES string of the molecule is Brc1cc(CC2CO2)cc2c1OCCO2. The van der Waals surface area contributed by atoms with Crippen LogP contribution in [-0.4, -0.2) is 25.9 Å². The summed E-state index contributed by atoms with van der Waals surface area (Å²) in [5.74, 6) is 1.66. The molecule has 0 amide bonds. The van der Waals surface area contributed by atoms with Gasteiger partial charge in [0.05, 0.1) is 17.2 Å². The van der Waals surface area contributed by atoms with Crippen molar-refractivity contribution >= 4 is 15.9 Å². The molecule has 3 rings (SSSR count). The summed E-state index contributed by atoms with van der Waals surface area (Å²) < 4.78 is 17.3. The van der Waals surface area contributed by atoms with Gasteiger partial charge in [0.15, 0.2) is 11.5 Å². The average molecular weight is 271 g/mol. The van der Waals surface area contributed by atoms with Crippen LogP contribution in [0.3, 0.4) is 0 Å². The topological polar surface area (TPSA) is 31.0 Å². The number of halogens is 1. The van der Waals surface area contributed by atoms with Crippen LogP contribution in [0.4, 0.5) is 0 Å². The normalized spacial score (nSPS) is 22.6. The Bertz CT molecular complexity index is 388. The lowest BCUT2D eigenvalue weighted by atomic mass is 10.1. The van der Waals surface area contributed by atoms with E-state index in [0.29, 0.717) is 19.3 Å². The molecule has 2 aliphatic heterocycles. The summed E-state index contributed by atoms with van der Waals surface area (Å²) in [6.45, 7) is 2.13. The zero-order valence-electron chi connectivity index (χ0n) is 8.16. The van der Waals surface area contributed by atoms with Gasteiger partial charge in [-0.05, 0) is 33.6 Å². The monoisotopic (exact) mass is 270 g/mol. The second-order valence-electron chi connectivity index (χ2n) is 3.76. The van der Waals surface area contributed by atoms with Crippen molar-refractivity contribution in [2.24, 2.45) is 0 Å². The number of ether oxygens (including phenoxy) is 3. The molecule has 1 atom stereocenters. The molecule has 1 saturated heterocycles. The Kier molecular flexibility index (Phi) is 2.33. The van der Waals surface area contributed by atoms with Gasteiger partial charge in [-0.1, -0.05) is 0 Å². The molecule has 0 spiro atoms. The van der Waals surface area contributed by atoms with Crippen molar-refractivity contribution in [3.63, 3.8) is 0 Å². The van der Waals surface area contributed by atoms with Gasteiger partial charge in [0.2, 0.25) is 0 Å². The molecule has 0 N–H and O–H groups in total. The third-order valence-electron chi connectivity index (χ3n) is 2.52. The van der Waals surface area contributed by atoms with Crippen molar-refractivity contribution in [1.82, 2.24) is 0 Å². The first kappa shape index (κ1) is 9.48. The van der Waals surface area contributed by atoms with Gasteiger partial charge in [-0.2, -0.15) is 0 Å². The third kappa shape index (κ3) is 1.96. The van der Waals surface area contributed by atoms with Crippen LogP contribution < -0.4 is 9.47 Å². The Morgan fingerprint density at radius 2 is 2.07 bits per heavy atom. The van der Waals surface area contributed by atoms with E-state index in [0.717, 1.165) is 29.0 Å². The van der Waals surface area contributed by atoms with Crippen LogP contribution in [0.5, 0.6) is 11.5 Å². The first-order valence-corrected chi connectivity index (χ1v) is 5.82. The fourth-order valence-electron chi connectivity index (χ4n) is 1.73. The maximum Gasteiger partial charge on any atom is 0.175 e. The smallest absolute Gasteiger partial charge is 0.175 e. The lowest BCUT2D eigenvalue weighted by Gasteiger charge is -2.20. The second kappa shape index (κ2) is 3.68. The zero-order chi connectivity index (χ0) is 10.3. The molecule has 15 heavy (non-hydrogen) atoms. The van der Waals surface area contributed by atoms with Gasteiger partial charge in [-0.25, -0.2) is 0 Å². The van der Waals surface area contributed by atoms with Crippen LogP contribution in [0.2, 0.25) is 0 Å². The minimum absolute atomic E-state index is 0.402. The highest BCUT2D eigenvalue weighted by atomic mass is 79.9. The Balaban J connectivity index is 1.92. The molecule has 1 fully saturated rings. The number of rotatable bonds is 2. The van der Waals surface area contributed by atoms with Crippen molar-refractivity contribution in [2.75, 3.05) is 19.8 Å². The first-order chi connectivity index (χ1) is 7.33. The van der Waals surface area contributed by atoms with Gasteiger partial charge >= 0.3 is 0 Å². The molecule has 2 aliphatic rings. The summed E-state index contributed by atoms with van der Waals surface area (Å²) in [6.07, 6.45) is 1.36. The van der Waals surface area contributed by atoms with Gasteiger partial charge in [0, 0.05) is 6.42 Å². The number of hydrogen-bond donors (Lipinski definition) is 0. The second-order valence-corrected chi connectivity index (χ2v) is 4.62. The standard InChI is InChI=1S/C11H11BrO3/c12-9-4-7(3-8-6-15-8)5-10-11(9)14-2-1-13-10/h4-5,8H,1-3,6H2. The molecule has 3 nitrogen and oxygen atoms in total. The Morgan fingerprint density at radius 3 is 2.87 bits per heavy atom. The van der Waals surface area contributed by atoms with E-state index in [-0.39, 0.29) is 0 Å². The van der Waals surface area contributed by atoms with Crippen LogP contribution in [0.25, 0.3) is 0 Å². The van der Waals surface area contributed by atoms with E-state index in [9.17, 15) is 0 Å². The number of benzene rings is 1. The predicted octanol–water partition coefficient (Wildman–Crippen LogP) is 2.16. The quantitative estimate of drug-likeness (QED) is 0.772. The van der Waals surface area contributed by atoms with Gasteiger partial charge in [-0.3, -0.25) is 0 Å². The maximum absolute atomic E-state index is 5.55. The van der Waals surface area contributed by atoms with E-state index in [1.165, 1.54) is 5.56 Å². The van der Waals surface area contributed by atoms with Crippen LogP contribution in [-0.2, 0) is 11.2 Å². The van der Waals surface area contributed by atoms with Gasteiger partial charge in [-0.15, -0.1) is 0 Å². The molecule has 0 aromatic heterocycles. The Hall–Kier alpha value is -0.740. The van der Waals surface area contributed by atoms with Crippen molar-refractivity contribution < 1.29 is 14.2 Å². The van der Waals surface area contributed by atoms with Crippen LogP contribution >= 0.6 is 15.9 Å². The fraction of sp³-hybridized carbons (Fsp3) is 0.455. The van der Waals surface area contributed by atoms with Crippen molar-refractivity contribution in [3.05, 3.63) is 22.2 Å². The van der Waals surface area contributed by atoms with Gasteiger partial charge in [0.1, 0.15) is 13.2 Å². The summed E-state index contributed by atoms with van der Waals surface area (Å²) in [4.78, 5) is 0. The highest BCUT2D eigenvalue weighted by Gasteiger charge is 2.24. The third-order valence-corrected chi connectivity index (χ3v) is 3.11. The van der Waals surface area contributed by atoms with E-state index in [2.05, 4.69) is 22.0 Å². The van der Waals surface area contributed by atoms with E-state index in [1.807, 2.05) is 6.07 Å². The number of hydrogen-bond acceptors (Lipinski definition) is 3. The molecule has 4 heteroatoms. The van der Waals surface area contributed by atoms with E-state index in [4.69, 9.17) is 14.2 Å². The fourth-order valence-corrected chi connectivity index (χ4v) is 2.33. The van der Waals surface area contributed by atoms with Crippen molar-refractivity contribution in [1.29, 1.82) is 0 Å². The lowest BCUT2D eigenvalue weighted by Crippen LogP contribution is -2.16. The highest BCUT2D eigenvalue weighted by Crippen LogP contribution is 2.39. The minimum Gasteiger partial charge on any atom is -0.486 e. The number of fused-ring (bicyclic) bond motifs is 1. The molecule has 0 radical (unpaired) electrons. The molecule has 0 saturated carbocycles. The van der Waals surface area contributed by atoms with Crippen LogP contribution in [0.15, 0.2) is 16.6 Å².